The van der Waals surface area contributed by atoms with E-state index in [4.69, 9.17) is 9.47 Å². The van der Waals surface area contributed by atoms with Gasteiger partial charge in [0.15, 0.2) is 5.75 Å². The third-order valence-electron chi connectivity index (χ3n) is 3.68. The summed E-state index contributed by atoms with van der Waals surface area (Å²) in [6.45, 7) is 6.67. The average molecular weight is 292 g/mol. The van der Waals surface area contributed by atoms with Gasteiger partial charge in [-0.15, -0.1) is 0 Å². The zero-order valence-corrected chi connectivity index (χ0v) is 12.9. The van der Waals surface area contributed by atoms with E-state index in [2.05, 4.69) is 10.3 Å². The van der Waals surface area contributed by atoms with E-state index in [9.17, 15) is 4.79 Å². The topological polar surface area (TPSA) is 60.5 Å². The standard InChI is InChI=1S/C16H24N2O3/c1-3-20-15-11-18-13(9-12-5-7-17-8-6-12)10-14(15)16(19)21-4-2/h10-12,17H,3-9H2,1-2H3. The number of hydrogen-bond donors (Lipinski definition) is 1. The number of carbonyl (C=O) groups is 1. The van der Waals surface area contributed by atoms with Crippen LogP contribution in [0.4, 0.5) is 0 Å². The first-order valence-corrected chi connectivity index (χ1v) is 7.74. The van der Waals surface area contributed by atoms with Gasteiger partial charge < -0.3 is 14.8 Å². The summed E-state index contributed by atoms with van der Waals surface area (Å²) in [6.07, 6.45) is 4.86. The van der Waals surface area contributed by atoms with E-state index < -0.39 is 0 Å². The van der Waals surface area contributed by atoms with E-state index in [1.807, 2.05) is 13.0 Å². The van der Waals surface area contributed by atoms with Gasteiger partial charge in [-0.25, -0.2) is 4.79 Å². The third kappa shape index (κ3) is 4.43. The van der Waals surface area contributed by atoms with E-state index in [-0.39, 0.29) is 5.97 Å². The summed E-state index contributed by atoms with van der Waals surface area (Å²) in [7, 11) is 0. The maximum absolute atomic E-state index is 12.0. The highest BCUT2D eigenvalue weighted by molar-refractivity contribution is 5.92. The van der Waals surface area contributed by atoms with Crippen LogP contribution in [0.5, 0.6) is 5.75 Å². The van der Waals surface area contributed by atoms with Crippen LogP contribution < -0.4 is 10.1 Å². The van der Waals surface area contributed by atoms with E-state index in [1.165, 1.54) is 0 Å². The summed E-state index contributed by atoms with van der Waals surface area (Å²) in [4.78, 5) is 16.5. The second kappa shape index (κ2) is 7.98. The number of rotatable bonds is 6. The second-order valence-corrected chi connectivity index (χ2v) is 5.22. The quantitative estimate of drug-likeness (QED) is 0.815. The van der Waals surface area contributed by atoms with Crippen molar-refractivity contribution >= 4 is 5.97 Å². The minimum atomic E-state index is -0.338. The Morgan fingerprint density at radius 3 is 2.76 bits per heavy atom. The molecule has 116 valence electrons. The molecule has 0 unspecified atom stereocenters. The highest BCUT2D eigenvalue weighted by Crippen LogP contribution is 2.23. The molecule has 0 aliphatic carbocycles. The number of nitrogens with zero attached hydrogens (tertiary/aromatic N) is 1. The number of aromatic nitrogens is 1. The van der Waals surface area contributed by atoms with Crippen LogP contribution in [-0.2, 0) is 11.2 Å². The van der Waals surface area contributed by atoms with Crippen LogP contribution in [0, 0.1) is 5.92 Å². The minimum Gasteiger partial charge on any atom is -0.491 e. The summed E-state index contributed by atoms with van der Waals surface area (Å²) in [5.74, 6) is 0.798. The lowest BCUT2D eigenvalue weighted by Crippen LogP contribution is -2.28. The summed E-state index contributed by atoms with van der Waals surface area (Å²) in [6, 6.07) is 1.82. The molecule has 5 nitrogen and oxygen atoms in total. The fourth-order valence-corrected chi connectivity index (χ4v) is 2.62. The maximum Gasteiger partial charge on any atom is 0.342 e. The molecule has 1 aliphatic rings. The molecule has 0 radical (unpaired) electrons. The van der Waals surface area contributed by atoms with Crippen molar-refractivity contribution in [2.45, 2.75) is 33.1 Å². The van der Waals surface area contributed by atoms with Gasteiger partial charge in [0.2, 0.25) is 0 Å². The monoisotopic (exact) mass is 292 g/mol. The molecule has 1 aromatic rings. The minimum absolute atomic E-state index is 0.338. The van der Waals surface area contributed by atoms with Gasteiger partial charge in [-0.05, 0) is 58.2 Å². The Morgan fingerprint density at radius 2 is 2.10 bits per heavy atom. The van der Waals surface area contributed by atoms with E-state index in [1.54, 1.807) is 13.1 Å². The maximum atomic E-state index is 12.0. The molecular formula is C16H24N2O3. The molecule has 1 fully saturated rings. The van der Waals surface area contributed by atoms with Crippen LogP contribution in [0.1, 0.15) is 42.7 Å². The molecule has 0 spiro atoms. The molecule has 0 amide bonds. The molecule has 5 heteroatoms. The van der Waals surface area contributed by atoms with Crippen LogP contribution in [0.15, 0.2) is 12.3 Å². The average Bonchev–Trinajstić information content (AvgIpc) is 2.50. The van der Waals surface area contributed by atoms with Gasteiger partial charge in [0.1, 0.15) is 5.56 Å². The van der Waals surface area contributed by atoms with Gasteiger partial charge in [0.25, 0.3) is 0 Å². The third-order valence-corrected chi connectivity index (χ3v) is 3.68. The van der Waals surface area contributed by atoms with E-state index in [0.29, 0.717) is 30.4 Å². The molecular weight excluding hydrogens is 268 g/mol. The number of hydrogen-bond acceptors (Lipinski definition) is 5. The van der Waals surface area contributed by atoms with E-state index >= 15 is 0 Å². The van der Waals surface area contributed by atoms with Crippen molar-refractivity contribution < 1.29 is 14.3 Å². The first kappa shape index (κ1) is 15.8. The molecule has 1 saturated heterocycles. The predicted octanol–water partition coefficient (Wildman–Crippen LogP) is 2.20. The number of esters is 1. The van der Waals surface area contributed by atoms with Crippen LogP contribution in [-0.4, -0.2) is 37.3 Å². The second-order valence-electron chi connectivity index (χ2n) is 5.22. The first-order chi connectivity index (χ1) is 10.2. The number of nitrogens with one attached hydrogen (secondary N) is 1. The molecule has 0 bridgehead atoms. The zero-order chi connectivity index (χ0) is 15.1. The largest absolute Gasteiger partial charge is 0.491 e. The molecule has 0 aromatic carbocycles. The van der Waals surface area contributed by atoms with Crippen molar-refractivity contribution in [3.8, 4) is 5.75 Å². The van der Waals surface area contributed by atoms with Crippen LogP contribution >= 0.6 is 0 Å². The number of ether oxygens (including phenoxy) is 2. The normalized spacial score (nSPS) is 15.7. The van der Waals surface area contributed by atoms with Gasteiger partial charge in [-0.1, -0.05) is 0 Å². The summed E-state index contributed by atoms with van der Waals surface area (Å²) < 4.78 is 10.6. The fourth-order valence-electron chi connectivity index (χ4n) is 2.62. The highest BCUT2D eigenvalue weighted by atomic mass is 16.5. The lowest BCUT2D eigenvalue weighted by molar-refractivity contribution is 0.0521. The summed E-state index contributed by atoms with van der Waals surface area (Å²) >= 11 is 0. The van der Waals surface area contributed by atoms with Gasteiger partial charge in [-0.3, -0.25) is 4.98 Å². The molecule has 2 heterocycles. The first-order valence-electron chi connectivity index (χ1n) is 7.74. The van der Waals surface area contributed by atoms with Crippen molar-refractivity contribution in [1.82, 2.24) is 10.3 Å². The Kier molecular flexibility index (Phi) is 5.99. The summed E-state index contributed by atoms with van der Waals surface area (Å²) in [5.41, 5.74) is 1.42. The van der Waals surface area contributed by atoms with Crippen molar-refractivity contribution in [1.29, 1.82) is 0 Å². The lowest BCUT2D eigenvalue weighted by atomic mass is 9.92. The van der Waals surface area contributed by atoms with Crippen molar-refractivity contribution in [2.24, 2.45) is 5.92 Å². The molecule has 1 aliphatic heterocycles. The van der Waals surface area contributed by atoms with Crippen LogP contribution in [0.2, 0.25) is 0 Å². The van der Waals surface area contributed by atoms with Gasteiger partial charge >= 0.3 is 5.97 Å². The fraction of sp³-hybridized carbons (Fsp3) is 0.625. The summed E-state index contributed by atoms with van der Waals surface area (Å²) in [5, 5.41) is 3.36. The Balaban J connectivity index is 2.14. The molecule has 2 rings (SSSR count). The molecule has 1 aromatic heterocycles. The predicted molar refractivity (Wildman–Crippen MR) is 80.7 cm³/mol. The Morgan fingerprint density at radius 1 is 1.33 bits per heavy atom. The molecule has 1 N–H and O–H groups in total. The van der Waals surface area contributed by atoms with E-state index in [0.717, 1.165) is 38.0 Å². The number of piperidine rings is 1. The van der Waals surface area contributed by atoms with Gasteiger partial charge in [0, 0.05) is 5.69 Å². The molecule has 21 heavy (non-hydrogen) atoms. The van der Waals surface area contributed by atoms with Gasteiger partial charge in [-0.2, -0.15) is 0 Å². The Hall–Kier alpha value is -1.62. The molecule has 0 atom stereocenters. The lowest BCUT2D eigenvalue weighted by Gasteiger charge is -2.22. The Labute approximate surface area is 126 Å². The van der Waals surface area contributed by atoms with Crippen LogP contribution in [0.25, 0.3) is 0 Å². The van der Waals surface area contributed by atoms with Crippen molar-refractivity contribution in [2.75, 3.05) is 26.3 Å². The Bertz CT molecular complexity index is 471. The van der Waals surface area contributed by atoms with Crippen LogP contribution in [0.3, 0.4) is 0 Å². The number of pyridine rings is 1. The van der Waals surface area contributed by atoms with Crippen molar-refractivity contribution in [3.05, 3.63) is 23.5 Å². The molecule has 0 saturated carbocycles. The van der Waals surface area contributed by atoms with Crippen molar-refractivity contribution in [3.63, 3.8) is 0 Å². The highest BCUT2D eigenvalue weighted by Gasteiger charge is 2.18. The smallest absolute Gasteiger partial charge is 0.342 e. The SMILES string of the molecule is CCOC(=O)c1cc(CC2CCNCC2)ncc1OCC. The zero-order valence-electron chi connectivity index (χ0n) is 12.9. The van der Waals surface area contributed by atoms with Gasteiger partial charge in [0.05, 0.1) is 19.4 Å². The number of carbonyl (C=O) groups excluding carboxylic acids is 1.